The maximum Gasteiger partial charge on any atom is 0.165 e. The molecular weight excluding hydrogens is 482 g/mol. The first-order valence-electron chi connectivity index (χ1n) is 13.5. The van der Waals surface area contributed by atoms with E-state index in [1.54, 1.807) is 17.1 Å². The lowest BCUT2D eigenvalue weighted by molar-refractivity contribution is -0.0469. The van der Waals surface area contributed by atoms with E-state index in [4.69, 9.17) is 9.72 Å². The van der Waals surface area contributed by atoms with Gasteiger partial charge in [0.1, 0.15) is 36.0 Å². The molecule has 4 unspecified atom stereocenters. The van der Waals surface area contributed by atoms with E-state index in [-0.39, 0.29) is 11.5 Å². The predicted molar refractivity (Wildman–Crippen MR) is 146 cm³/mol. The van der Waals surface area contributed by atoms with Crippen molar-refractivity contribution in [2.75, 3.05) is 13.1 Å². The molecule has 38 heavy (non-hydrogen) atoms. The lowest BCUT2D eigenvalue weighted by Gasteiger charge is -2.30. The molecule has 4 aromatic rings. The van der Waals surface area contributed by atoms with Crippen LogP contribution in [0, 0.1) is 0 Å². The summed E-state index contributed by atoms with van der Waals surface area (Å²) >= 11 is 0. The number of aliphatic hydroxyl groups excluding tert-OH is 2. The van der Waals surface area contributed by atoms with Crippen molar-refractivity contribution in [3.8, 4) is 0 Å². The molecular formula is C28H39N7O3. The maximum atomic E-state index is 10.8. The van der Waals surface area contributed by atoms with Gasteiger partial charge in [0.25, 0.3) is 0 Å². The van der Waals surface area contributed by atoms with Crippen molar-refractivity contribution < 1.29 is 14.9 Å². The summed E-state index contributed by atoms with van der Waals surface area (Å²) in [5.74, 6) is 1.01. The lowest BCUT2D eigenvalue weighted by Crippen LogP contribution is -2.43. The number of nitrogens with zero attached hydrogens (tertiary/aromatic N) is 6. The van der Waals surface area contributed by atoms with Crippen molar-refractivity contribution >= 4 is 22.2 Å². The van der Waals surface area contributed by atoms with Crippen molar-refractivity contribution in [1.82, 2.24) is 34.4 Å². The Bertz CT molecular complexity index is 1380. The molecule has 0 radical (unpaired) electrons. The van der Waals surface area contributed by atoms with Crippen LogP contribution in [-0.4, -0.2) is 82.0 Å². The van der Waals surface area contributed by atoms with Gasteiger partial charge in [-0.05, 0) is 56.3 Å². The Morgan fingerprint density at radius 2 is 1.92 bits per heavy atom. The summed E-state index contributed by atoms with van der Waals surface area (Å²) < 4.78 is 7.84. The zero-order valence-electron chi connectivity index (χ0n) is 22.9. The average molecular weight is 522 g/mol. The molecule has 10 nitrogen and oxygen atoms in total. The van der Waals surface area contributed by atoms with E-state index in [0.717, 1.165) is 42.7 Å². The molecule has 1 aliphatic heterocycles. The van der Waals surface area contributed by atoms with Crippen molar-refractivity contribution in [1.29, 1.82) is 0 Å². The Labute approximate surface area is 223 Å². The van der Waals surface area contributed by atoms with Crippen LogP contribution in [0.4, 0.5) is 0 Å². The van der Waals surface area contributed by atoms with Crippen molar-refractivity contribution in [2.45, 2.75) is 89.9 Å². The van der Waals surface area contributed by atoms with Crippen molar-refractivity contribution in [2.24, 2.45) is 0 Å². The average Bonchev–Trinajstić information content (AvgIpc) is 3.56. The highest BCUT2D eigenvalue weighted by molar-refractivity contribution is 5.76. The van der Waals surface area contributed by atoms with Crippen LogP contribution in [-0.2, 0) is 16.6 Å². The first kappa shape index (κ1) is 26.7. The van der Waals surface area contributed by atoms with Crippen molar-refractivity contribution in [3.05, 3.63) is 48.4 Å². The maximum absolute atomic E-state index is 10.8. The van der Waals surface area contributed by atoms with Gasteiger partial charge in [-0.2, -0.15) is 0 Å². The quantitative estimate of drug-likeness (QED) is 0.286. The Morgan fingerprint density at radius 1 is 1.11 bits per heavy atom. The van der Waals surface area contributed by atoms with E-state index in [9.17, 15) is 10.2 Å². The van der Waals surface area contributed by atoms with E-state index in [1.807, 2.05) is 0 Å². The van der Waals surface area contributed by atoms with Crippen LogP contribution in [0.15, 0.2) is 37.1 Å². The highest BCUT2D eigenvalue weighted by Gasteiger charge is 2.44. The van der Waals surface area contributed by atoms with Gasteiger partial charge in [-0.25, -0.2) is 19.9 Å². The molecule has 0 aliphatic carbocycles. The molecule has 4 heterocycles. The van der Waals surface area contributed by atoms with Crippen LogP contribution in [0.5, 0.6) is 0 Å². The van der Waals surface area contributed by atoms with Crippen LogP contribution >= 0.6 is 0 Å². The van der Waals surface area contributed by atoms with E-state index < -0.39 is 24.5 Å². The second-order valence-electron chi connectivity index (χ2n) is 11.6. The van der Waals surface area contributed by atoms with Gasteiger partial charge in [-0.15, -0.1) is 0 Å². The van der Waals surface area contributed by atoms with Gasteiger partial charge >= 0.3 is 0 Å². The number of fused-ring (bicyclic) bond motifs is 2. The number of rotatable bonds is 9. The minimum Gasteiger partial charge on any atom is -0.387 e. The minimum atomic E-state index is -1.08. The number of aromatic amines is 1. The Kier molecular flexibility index (Phi) is 7.50. The Morgan fingerprint density at radius 3 is 2.68 bits per heavy atom. The first-order valence-corrected chi connectivity index (χ1v) is 13.5. The number of aromatic nitrogens is 6. The van der Waals surface area contributed by atoms with Crippen LogP contribution in [0.25, 0.3) is 22.2 Å². The van der Waals surface area contributed by atoms with E-state index in [2.05, 4.69) is 77.7 Å². The molecule has 1 fully saturated rings. The van der Waals surface area contributed by atoms with Crippen LogP contribution in [0.1, 0.15) is 65.1 Å². The molecule has 3 aromatic heterocycles. The number of benzene rings is 1. The van der Waals surface area contributed by atoms with Gasteiger partial charge in [0, 0.05) is 19.0 Å². The van der Waals surface area contributed by atoms with Gasteiger partial charge in [0.15, 0.2) is 11.9 Å². The number of ether oxygens (including phenoxy) is 1. The molecule has 5 rings (SSSR count). The van der Waals surface area contributed by atoms with Crippen LogP contribution in [0.3, 0.4) is 0 Å². The van der Waals surface area contributed by atoms with Gasteiger partial charge in [-0.3, -0.25) is 9.47 Å². The zero-order valence-corrected chi connectivity index (χ0v) is 22.9. The van der Waals surface area contributed by atoms with E-state index in [1.165, 1.54) is 11.9 Å². The fourth-order valence-electron chi connectivity index (χ4n) is 5.13. The summed E-state index contributed by atoms with van der Waals surface area (Å²) in [6.45, 7) is 12.3. The van der Waals surface area contributed by atoms with Gasteiger partial charge < -0.3 is 19.9 Å². The Balaban J connectivity index is 1.17. The SMILES string of the molecule is CC(C)N(CCCCc1nc2ccc(C(C)(C)C)cc2[nH]1)CC1OC(n2cnc3cncnc32)C(O)C1O. The number of H-pyrrole nitrogens is 1. The second kappa shape index (κ2) is 10.7. The molecule has 0 bridgehead atoms. The third-order valence-corrected chi connectivity index (χ3v) is 7.50. The molecule has 3 N–H and O–H groups in total. The number of unbranched alkanes of at least 4 members (excludes halogenated alkanes) is 1. The second-order valence-corrected chi connectivity index (χ2v) is 11.6. The number of nitrogens with one attached hydrogen (secondary N) is 1. The highest BCUT2D eigenvalue weighted by Crippen LogP contribution is 2.32. The number of hydrogen-bond donors (Lipinski definition) is 3. The summed E-state index contributed by atoms with van der Waals surface area (Å²) in [5.41, 5.74) is 4.68. The predicted octanol–water partition coefficient (Wildman–Crippen LogP) is 3.35. The summed E-state index contributed by atoms with van der Waals surface area (Å²) in [7, 11) is 0. The Hall–Kier alpha value is -2.92. The normalized spacial score (nSPS) is 22.4. The fourth-order valence-corrected chi connectivity index (χ4v) is 5.13. The molecule has 1 saturated heterocycles. The molecule has 1 aromatic carbocycles. The molecule has 4 atom stereocenters. The largest absolute Gasteiger partial charge is 0.387 e. The third kappa shape index (κ3) is 5.44. The molecule has 1 aliphatic rings. The zero-order chi connectivity index (χ0) is 27.0. The summed E-state index contributed by atoms with van der Waals surface area (Å²) in [4.78, 5) is 23.1. The monoisotopic (exact) mass is 521 g/mol. The standard InChI is InChI=1S/C28H39N7O3/c1-17(2)34(11-7-6-8-23-32-19-10-9-18(28(3,4)5)12-20(19)33-23)14-22-24(36)25(37)27(38-22)35-16-31-21-13-29-15-30-26(21)35/h9-10,12-13,15-17,22,24-25,27,36-37H,6-8,11,14H2,1-5H3,(H,32,33). The van der Waals surface area contributed by atoms with E-state index in [0.29, 0.717) is 17.7 Å². The number of aliphatic hydroxyl groups is 2. The number of imidazole rings is 2. The van der Waals surface area contributed by atoms with Gasteiger partial charge in [0.2, 0.25) is 0 Å². The molecule has 204 valence electrons. The third-order valence-electron chi connectivity index (χ3n) is 7.50. The summed E-state index contributed by atoms with van der Waals surface area (Å²) in [6, 6.07) is 6.74. The van der Waals surface area contributed by atoms with Crippen molar-refractivity contribution in [3.63, 3.8) is 0 Å². The van der Waals surface area contributed by atoms with Gasteiger partial charge in [0.05, 0.1) is 23.6 Å². The van der Waals surface area contributed by atoms with Crippen LogP contribution < -0.4 is 0 Å². The summed E-state index contributed by atoms with van der Waals surface area (Å²) in [6.07, 6.45) is 4.13. The minimum absolute atomic E-state index is 0.105. The highest BCUT2D eigenvalue weighted by atomic mass is 16.6. The number of hydrogen-bond acceptors (Lipinski definition) is 8. The van der Waals surface area contributed by atoms with Gasteiger partial charge in [-0.1, -0.05) is 26.8 Å². The topological polar surface area (TPSA) is 125 Å². The van der Waals surface area contributed by atoms with Crippen LogP contribution in [0.2, 0.25) is 0 Å². The molecule has 0 saturated carbocycles. The smallest absolute Gasteiger partial charge is 0.165 e. The first-order chi connectivity index (χ1) is 18.1. The number of aryl methyl sites for hydroxylation is 1. The molecule has 0 amide bonds. The van der Waals surface area contributed by atoms with E-state index >= 15 is 0 Å². The molecule has 10 heteroatoms. The molecule has 0 spiro atoms. The summed E-state index contributed by atoms with van der Waals surface area (Å²) in [5, 5.41) is 21.6. The fraction of sp³-hybridized carbons (Fsp3) is 0.571. The lowest BCUT2D eigenvalue weighted by atomic mass is 9.87.